The van der Waals surface area contributed by atoms with E-state index in [1.54, 1.807) is 30.3 Å². The summed E-state index contributed by atoms with van der Waals surface area (Å²) >= 11 is 0. The van der Waals surface area contributed by atoms with Gasteiger partial charge in [0.1, 0.15) is 11.6 Å². The zero-order valence-electron chi connectivity index (χ0n) is 19.4. The highest BCUT2D eigenvalue weighted by molar-refractivity contribution is 5.78. The van der Waals surface area contributed by atoms with Crippen LogP contribution in [0.5, 0.6) is 0 Å². The van der Waals surface area contributed by atoms with Crippen LogP contribution in [0.2, 0.25) is 0 Å². The quantitative estimate of drug-likeness (QED) is 0.499. The van der Waals surface area contributed by atoms with Gasteiger partial charge in [0.15, 0.2) is 5.82 Å². The smallest absolute Gasteiger partial charge is 0.296 e. The monoisotopic (exact) mass is 488 g/mol. The number of benzene rings is 1. The van der Waals surface area contributed by atoms with Crippen LogP contribution in [-0.4, -0.2) is 76.3 Å². The Bertz CT molecular complexity index is 1130. The SMILES string of the molecule is OCCOC1CCC(Nc2cc(-n3c(C(F)F)nc4ccccc43)nc(N3CCOCC3)n2)CC1. The van der Waals surface area contributed by atoms with Crippen molar-refractivity contribution in [3.8, 4) is 5.82 Å². The molecule has 2 aromatic heterocycles. The molecule has 1 saturated heterocycles. The second kappa shape index (κ2) is 10.8. The fourth-order valence-electron chi connectivity index (χ4n) is 4.75. The van der Waals surface area contributed by atoms with Gasteiger partial charge in [0.05, 0.1) is 43.6 Å². The van der Waals surface area contributed by atoms with Crippen molar-refractivity contribution < 1.29 is 23.4 Å². The molecular weight excluding hydrogens is 458 g/mol. The van der Waals surface area contributed by atoms with E-state index in [9.17, 15) is 8.78 Å². The summed E-state index contributed by atoms with van der Waals surface area (Å²) in [5.41, 5.74) is 1.06. The number of hydrogen-bond acceptors (Lipinski definition) is 8. The van der Waals surface area contributed by atoms with E-state index in [1.165, 1.54) is 4.57 Å². The van der Waals surface area contributed by atoms with E-state index < -0.39 is 6.43 Å². The normalized spacial score (nSPS) is 21.1. The molecule has 3 heterocycles. The van der Waals surface area contributed by atoms with Gasteiger partial charge in [0, 0.05) is 25.2 Å². The Hall–Kier alpha value is -2.89. The Balaban J connectivity index is 1.48. The molecule has 3 aromatic rings. The molecule has 11 heteroatoms. The molecule has 0 bridgehead atoms. The topological polar surface area (TPSA) is 97.6 Å². The number of morpholine rings is 1. The number of aromatic nitrogens is 4. The first kappa shape index (κ1) is 23.8. The summed E-state index contributed by atoms with van der Waals surface area (Å²) in [5, 5.41) is 12.5. The lowest BCUT2D eigenvalue weighted by molar-refractivity contribution is 0.00721. The number of imidazole rings is 1. The number of halogens is 2. The maximum absolute atomic E-state index is 14.0. The third kappa shape index (κ3) is 5.36. The highest BCUT2D eigenvalue weighted by Gasteiger charge is 2.25. The van der Waals surface area contributed by atoms with Crippen LogP contribution in [-0.2, 0) is 9.47 Å². The summed E-state index contributed by atoms with van der Waals surface area (Å²) < 4.78 is 40.6. The second-order valence-corrected chi connectivity index (χ2v) is 8.82. The third-order valence-electron chi connectivity index (χ3n) is 6.48. The van der Waals surface area contributed by atoms with Gasteiger partial charge in [-0.15, -0.1) is 0 Å². The molecule has 2 aliphatic rings. The van der Waals surface area contributed by atoms with Crippen LogP contribution < -0.4 is 10.2 Å². The van der Waals surface area contributed by atoms with Crippen LogP contribution in [0.25, 0.3) is 16.9 Å². The predicted octanol–water partition coefficient (Wildman–Crippen LogP) is 3.32. The number of para-hydroxylation sites is 2. The Kier molecular flexibility index (Phi) is 7.35. The van der Waals surface area contributed by atoms with Crippen molar-refractivity contribution in [3.63, 3.8) is 0 Å². The molecule has 0 amide bonds. The van der Waals surface area contributed by atoms with Gasteiger partial charge in [-0.1, -0.05) is 12.1 Å². The fourth-order valence-corrected chi connectivity index (χ4v) is 4.75. The molecular formula is C24H30F2N6O3. The number of aliphatic hydroxyl groups excluding tert-OH is 1. The molecule has 0 unspecified atom stereocenters. The minimum absolute atomic E-state index is 0.0236. The number of aliphatic hydroxyl groups is 1. The minimum atomic E-state index is -2.75. The van der Waals surface area contributed by atoms with Crippen molar-refractivity contribution in [2.24, 2.45) is 0 Å². The molecule has 9 nitrogen and oxygen atoms in total. The van der Waals surface area contributed by atoms with Gasteiger partial charge in [-0.3, -0.25) is 4.57 Å². The number of fused-ring (bicyclic) bond motifs is 1. The predicted molar refractivity (Wildman–Crippen MR) is 127 cm³/mol. The highest BCUT2D eigenvalue weighted by Crippen LogP contribution is 2.30. The Morgan fingerprint density at radius 3 is 2.60 bits per heavy atom. The van der Waals surface area contributed by atoms with Crippen LogP contribution in [0.15, 0.2) is 30.3 Å². The van der Waals surface area contributed by atoms with Crippen molar-refractivity contribution in [3.05, 3.63) is 36.2 Å². The van der Waals surface area contributed by atoms with E-state index in [1.807, 2.05) is 4.90 Å². The lowest BCUT2D eigenvalue weighted by Crippen LogP contribution is -2.38. The molecule has 35 heavy (non-hydrogen) atoms. The van der Waals surface area contributed by atoms with Gasteiger partial charge in [0.2, 0.25) is 5.95 Å². The molecule has 188 valence electrons. The largest absolute Gasteiger partial charge is 0.394 e. The summed E-state index contributed by atoms with van der Waals surface area (Å²) in [4.78, 5) is 15.6. The molecule has 2 N–H and O–H groups in total. The average Bonchev–Trinajstić information content (AvgIpc) is 3.29. The van der Waals surface area contributed by atoms with Gasteiger partial charge in [-0.25, -0.2) is 13.8 Å². The van der Waals surface area contributed by atoms with E-state index in [-0.39, 0.29) is 24.6 Å². The summed E-state index contributed by atoms with van der Waals surface area (Å²) in [5.74, 6) is 1.08. The Morgan fingerprint density at radius 1 is 1.09 bits per heavy atom. The van der Waals surface area contributed by atoms with Crippen molar-refractivity contribution in [2.75, 3.05) is 49.7 Å². The molecule has 1 saturated carbocycles. The molecule has 1 aromatic carbocycles. The van der Waals surface area contributed by atoms with Crippen molar-refractivity contribution in [2.45, 2.75) is 44.3 Å². The van der Waals surface area contributed by atoms with Crippen LogP contribution >= 0.6 is 0 Å². The number of hydrogen-bond donors (Lipinski definition) is 2. The van der Waals surface area contributed by atoms with Crippen LogP contribution in [0.1, 0.15) is 37.9 Å². The number of ether oxygens (including phenoxy) is 2. The molecule has 0 radical (unpaired) electrons. The van der Waals surface area contributed by atoms with Crippen LogP contribution in [0, 0.1) is 0 Å². The zero-order valence-corrected chi connectivity index (χ0v) is 19.4. The van der Waals surface area contributed by atoms with E-state index >= 15 is 0 Å². The van der Waals surface area contributed by atoms with Crippen LogP contribution in [0.3, 0.4) is 0 Å². The lowest BCUT2D eigenvalue weighted by atomic mass is 9.93. The third-order valence-corrected chi connectivity index (χ3v) is 6.48. The van der Waals surface area contributed by atoms with Crippen molar-refractivity contribution in [1.82, 2.24) is 19.5 Å². The summed E-state index contributed by atoms with van der Waals surface area (Å²) in [6, 6.07) is 8.97. The lowest BCUT2D eigenvalue weighted by Gasteiger charge is -2.30. The van der Waals surface area contributed by atoms with Crippen molar-refractivity contribution >= 4 is 22.8 Å². The molecule has 1 aliphatic carbocycles. The number of anilines is 2. The Morgan fingerprint density at radius 2 is 1.86 bits per heavy atom. The average molecular weight is 489 g/mol. The van der Waals surface area contributed by atoms with Gasteiger partial charge in [-0.2, -0.15) is 9.97 Å². The molecule has 5 rings (SSSR count). The minimum Gasteiger partial charge on any atom is -0.394 e. The van der Waals surface area contributed by atoms with E-state index in [2.05, 4.69) is 10.3 Å². The van der Waals surface area contributed by atoms with Gasteiger partial charge < -0.3 is 24.8 Å². The maximum atomic E-state index is 14.0. The van der Waals surface area contributed by atoms with Gasteiger partial charge in [0.25, 0.3) is 6.43 Å². The summed E-state index contributed by atoms with van der Waals surface area (Å²) in [6.45, 7) is 2.75. The number of nitrogens with one attached hydrogen (secondary N) is 1. The first-order valence-corrected chi connectivity index (χ1v) is 12.1. The summed E-state index contributed by atoms with van der Waals surface area (Å²) in [6.07, 6.45) is 0.934. The van der Waals surface area contributed by atoms with E-state index in [0.29, 0.717) is 61.5 Å². The van der Waals surface area contributed by atoms with E-state index in [0.717, 1.165) is 25.7 Å². The zero-order chi connectivity index (χ0) is 24.2. The molecule has 0 atom stereocenters. The van der Waals surface area contributed by atoms with Gasteiger partial charge in [-0.05, 0) is 37.8 Å². The van der Waals surface area contributed by atoms with Crippen LogP contribution in [0.4, 0.5) is 20.5 Å². The maximum Gasteiger partial charge on any atom is 0.296 e. The van der Waals surface area contributed by atoms with Gasteiger partial charge >= 0.3 is 0 Å². The number of rotatable bonds is 8. The standard InChI is InChI=1S/C24H30F2N6O3/c25-22(26)23-28-18-3-1-2-4-19(18)32(23)21-15-20(29-24(30-21)31-9-12-34-13-10-31)27-16-5-7-17(8-6-16)35-14-11-33/h1-4,15-17,22,33H,5-14H2,(H,27,29,30). The molecule has 2 fully saturated rings. The fraction of sp³-hybridized carbons (Fsp3) is 0.542. The highest BCUT2D eigenvalue weighted by atomic mass is 19.3. The van der Waals surface area contributed by atoms with Crippen molar-refractivity contribution in [1.29, 1.82) is 0 Å². The summed E-state index contributed by atoms with van der Waals surface area (Å²) in [7, 11) is 0. The number of nitrogens with zero attached hydrogens (tertiary/aromatic N) is 5. The first-order chi connectivity index (χ1) is 17.1. The number of alkyl halides is 2. The first-order valence-electron chi connectivity index (χ1n) is 12.1. The second-order valence-electron chi connectivity index (χ2n) is 8.82. The molecule has 1 aliphatic heterocycles. The molecule has 0 spiro atoms. The Labute approximate surface area is 202 Å². The van der Waals surface area contributed by atoms with E-state index in [4.69, 9.17) is 24.5 Å².